The highest BCUT2D eigenvalue weighted by Gasteiger charge is 2.24. The van der Waals surface area contributed by atoms with Crippen molar-refractivity contribution in [2.75, 3.05) is 12.0 Å². The number of rotatable bonds is 4. The predicted molar refractivity (Wildman–Crippen MR) is 114 cm³/mol. The van der Waals surface area contributed by atoms with Crippen molar-refractivity contribution >= 4 is 22.4 Å². The van der Waals surface area contributed by atoms with Gasteiger partial charge in [-0.25, -0.2) is 4.39 Å². The average Bonchev–Trinajstić information content (AvgIpc) is 2.79. The van der Waals surface area contributed by atoms with E-state index in [1.165, 1.54) is 6.20 Å². The smallest absolute Gasteiger partial charge is 0.256 e. The molecule has 4 aromatic rings. The number of hydrogen-bond donors (Lipinski definition) is 2. The van der Waals surface area contributed by atoms with Gasteiger partial charge in [0.25, 0.3) is 5.91 Å². The topological polar surface area (TPSA) is 63.2 Å². The van der Waals surface area contributed by atoms with Crippen LogP contribution in [-0.2, 0) is 6.61 Å². The van der Waals surface area contributed by atoms with Crippen molar-refractivity contribution in [3.63, 3.8) is 0 Å². The van der Waals surface area contributed by atoms with Gasteiger partial charge in [-0.3, -0.25) is 9.78 Å². The Labute approximate surface area is 172 Å². The highest BCUT2D eigenvalue weighted by atomic mass is 19.1. The number of benzene rings is 3. The van der Waals surface area contributed by atoms with E-state index in [0.29, 0.717) is 17.9 Å². The third-order valence-electron chi connectivity index (χ3n) is 5.12. The molecule has 2 N–H and O–H groups in total. The molecule has 5 rings (SSSR count). The van der Waals surface area contributed by atoms with Gasteiger partial charge in [0.05, 0.1) is 17.9 Å². The first kappa shape index (κ1) is 18.1. The molecule has 0 spiro atoms. The minimum atomic E-state index is -0.548. The van der Waals surface area contributed by atoms with Crippen LogP contribution in [0.5, 0.6) is 5.75 Å². The Hall–Kier alpha value is -3.93. The van der Waals surface area contributed by atoms with Crippen molar-refractivity contribution in [2.24, 2.45) is 0 Å². The van der Waals surface area contributed by atoms with Gasteiger partial charge in [0.2, 0.25) is 0 Å². The van der Waals surface area contributed by atoms with Crippen molar-refractivity contribution in [1.29, 1.82) is 0 Å². The number of nitrogens with zero attached hydrogens (tertiary/aromatic N) is 1. The summed E-state index contributed by atoms with van der Waals surface area (Å²) in [6.07, 6.45) is 1.40. The Balaban J connectivity index is 1.61. The van der Waals surface area contributed by atoms with Gasteiger partial charge in [0.15, 0.2) is 5.82 Å². The lowest BCUT2D eigenvalue weighted by Crippen LogP contribution is -2.35. The zero-order chi connectivity index (χ0) is 20.5. The van der Waals surface area contributed by atoms with Gasteiger partial charge in [0.1, 0.15) is 18.1 Å². The molecule has 0 saturated heterocycles. The fraction of sp³-hybridized carbons (Fsp3) is 0.0833. The number of anilines is 1. The maximum absolute atomic E-state index is 15.4. The molecule has 1 aromatic heterocycles. The molecule has 0 atom stereocenters. The highest BCUT2D eigenvalue weighted by molar-refractivity contribution is 6.03. The highest BCUT2D eigenvalue weighted by Crippen LogP contribution is 2.36. The van der Waals surface area contributed by atoms with Crippen LogP contribution in [0.2, 0.25) is 0 Å². The second kappa shape index (κ2) is 7.48. The summed E-state index contributed by atoms with van der Waals surface area (Å²) in [5, 5.41) is 7.30. The standard InChI is InChI=1S/C24H18FN3O2/c25-21-22(26-12-20-23(21)27-14-28-24(20)29)19-11-17(10-16-8-4-5-9-18(16)19)30-13-15-6-2-1-3-7-15/h1-12,27H,13-14H2,(H,28,29). The maximum atomic E-state index is 15.4. The molecule has 6 heteroatoms. The van der Waals surface area contributed by atoms with E-state index in [1.807, 2.05) is 60.7 Å². The van der Waals surface area contributed by atoms with Crippen molar-refractivity contribution in [3.8, 4) is 17.0 Å². The summed E-state index contributed by atoms with van der Waals surface area (Å²) >= 11 is 0. The van der Waals surface area contributed by atoms with E-state index in [1.54, 1.807) is 6.07 Å². The molecule has 148 valence electrons. The van der Waals surface area contributed by atoms with Gasteiger partial charge in [-0.1, -0.05) is 54.6 Å². The summed E-state index contributed by atoms with van der Waals surface area (Å²) < 4.78 is 21.4. The summed E-state index contributed by atoms with van der Waals surface area (Å²) in [6, 6.07) is 21.3. The fourth-order valence-electron chi connectivity index (χ4n) is 3.63. The van der Waals surface area contributed by atoms with Crippen LogP contribution >= 0.6 is 0 Å². The number of pyridine rings is 1. The number of carbonyl (C=O) groups excluding carboxylic acids is 1. The number of halogens is 1. The third kappa shape index (κ3) is 3.22. The Morgan fingerprint density at radius 2 is 1.77 bits per heavy atom. The second-order valence-corrected chi connectivity index (χ2v) is 7.04. The van der Waals surface area contributed by atoms with E-state index in [2.05, 4.69) is 15.6 Å². The minimum absolute atomic E-state index is 0.170. The van der Waals surface area contributed by atoms with E-state index >= 15 is 4.39 Å². The van der Waals surface area contributed by atoms with E-state index in [4.69, 9.17) is 4.74 Å². The molecule has 1 aliphatic rings. The summed E-state index contributed by atoms with van der Waals surface area (Å²) in [5.74, 6) is -0.267. The van der Waals surface area contributed by atoms with E-state index in [9.17, 15) is 4.79 Å². The molecule has 0 saturated carbocycles. The van der Waals surface area contributed by atoms with Gasteiger partial charge < -0.3 is 15.4 Å². The molecule has 0 radical (unpaired) electrons. The number of aromatic nitrogens is 1. The third-order valence-corrected chi connectivity index (χ3v) is 5.12. The lowest BCUT2D eigenvalue weighted by Gasteiger charge is -2.20. The minimum Gasteiger partial charge on any atom is -0.489 e. The number of fused-ring (bicyclic) bond motifs is 2. The van der Waals surface area contributed by atoms with Crippen LogP contribution in [0.25, 0.3) is 22.0 Å². The normalized spacial score (nSPS) is 12.8. The molecular weight excluding hydrogens is 381 g/mol. The molecule has 1 amide bonds. The van der Waals surface area contributed by atoms with Crippen LogP contribution in [-0.4, -0.2) is 17.6 Å². The lowest BCUT2D eigenvalue weighted by molar-refractivity contribution is 0.0952. The quantitative estimate of drug-likeness (QED) is 0.521. The largest absolute Gasteiger partial charge is 0.489 e. The summed E-state index contributed by atoms with van der Waals surface area (Å²) in [7, 11) is 0. The van der Waals surface area contributed by atoms with Crippen LogP contribution in [0.15, 0.2) is 72.9 Å². The monoisotopic (exact) mass is 399 g/mol. The molecule has 5 nitrogen and oxygen atoms in total. The lowest BCUT2D eigenvalue weighted by atomic mass is 9.99. The summed E-state index contributed by atoms with van der Waals surface area (Å²) in [4.78, 5) is 16.3. The Kier molecular flexibility index (Phi) is 4.52. The first-order valence-corrected chi connectivity index (χ1v) is 9.61. The SMILES string of the molecule is O=C1NCNc2c1cnc(-c1cc(OCc3ccccc3)cc3ccccc13)c2F. The molecule has 3 aromatic carbocycles. The zero-order valence-electron chi connectivity index (χ0n) is 16.0. The van der Waals surface area contributed by atoms with E-state index in [-0.39, 0.29) is 29.5 Å². The number of ether oxygens (including phenoxy) is 1. The van der Waals surface area contributed by atoms with Gasteiger partial charge in [-0.15, -0.1) is 0 Å². The average molecular weight is 399 g/mol. The van der Waals surface area contributed by atoms with Gasteiger partial charge in [0, 0.05) is 11.8 Å². The van der Waals surface area contributed by atoms with Crippen LogP contribution in [0, 0.1) is 5.82 Å². The van der Waals surface area contributed by atoms with E-state index in [0.717, 1.165) is 16.3 Å². The Bertz CT molecular complexity index is 1260. The molecule has 2 heterocycles. The molecular formula is C24H18FN3O2. The molecule has 0 bridgehead atoms. The first-order valence-electron chi connectivity index (χ1n) is 9.61. The van der Waals surface area contributed by atoms with Crippen molar-refractivity contribution < 1.29 is 13.9 Å². The summed E-state index contributed by atoms with van der Waals surface area (Å²) in [6.45, 7) is 0.577. The second-order valence-electron chi connectivity index (χ2n) is 7.04. The van der Waals surface area contributed by atoms with Crippen molar-refractivity contribution in [3.05, 3.63) is 89.9 Å². The van der Waals surface area contributed by atoms with Crippen molar-refractivity contribution in [1.82, 2.24) is 10.3 Å². The molecule has 0 unspecified atom stereocenters. The molecule has 1 aliphatic heterocycles. The van der Waals surface area contributed by atoms with Crippen LogP contribution in [0.1, 0.15) is 15.9 Å². The first-order chi connectivity index (χ1) is 14.7. The van der Waals surface area contributed by atoms with E-state index < -0.39 is 5.82 Å². The summed E-state index contributed by atoms with van der Waals surface area (Å²) in [5.41, 5.74) is 2.20. The van der Waals surface area contributed by atoms with Crippen molar-refractivity contribution in [2.45, 2.75) is 6.61 Å². The Morgan fingerprint density at radius 3 is 2.63 bits per heavy atom. The van der Waals surface area contributed by atoms with Crippen LogP contribution in [0.4, 0.5) is 10.1 Å². The number of amides is 1. The molecule has 0 fully saturated rings. The predicted octanol–water partition coefficient (Wildman–Crippen LogP) is 4.73. The van der Waals surface area contributed by atoms with Crippen LogP contribution in [0.3, 0.4) is 0 Å². The van der Waals surface area contributed by atoms with Gasteiger partial charge in [-0.2, -0.15) is 0 Å². The Morgan fingerprint density at radius 1 is 0.967 bits per heavy atom. The zero-order valence-corrected chi connectivity index (χ0v) is 16.0. The van der Waals surface area contributed by atoms with Gasteiger partial charge >= 0.3 is 0 Å². The molecule has 0 aliphatic carbocycles. The number of carbonyl (C=O) groups is 1. The molecule has 30 heavy (non-hydrogen) atoms. The maximum Gasteiger partial charge on any atom is 0.256 e. The van der Waals surface area contributed by atoms with Crippen LogP contribution < -0.4 is 15.4 Å². The fourth-order valence-corrected chi connectivity index (χ4v) is 3.63. The van der Waals surface area contributed by atoms with Gasteiger partial charge in [-0.05, 0) is 28.5 Å². The number of hydrogen-bond acceptors (Lipinski definition) is 4. The number of nitrogens with one attached hydrogen (secondary N) is 2.